The summed E-state index contributed by atoms with van der Waals surface area (Å²) < 4.78 is 5.31. The van der Waals surface area contributed by atoms with Crippen molar-refractivity contribution in [2.45, 2.75) is 33.1 Å². The van der Waals surface area contributed by atoms with Crippen LogP contribution in [0, 0.1) is 11.8 Å². The predicted molar refractivity (Wildman–Crippen MR) is 84.9 cm³/mol. The summed E-state index contributed by atoms with van der Waals surface area (Å²) in [6.45, 7) is 4.23. The first kappa shape index (κ1) is 18.0. The predicted octanol–water partition coefficient (Wildman–Crippen LogP) is 2.49. The molecule has 0 aromatic heterocycles. The molecule has 22 heavy (non-hydrogen) atoms. The first-order chi connectivity index (χ1) is 10.4. The molecule has 0 saturated heterocycles. The second-order valence-electron chi connectivity index (χ2n) is 5.83. The smallest absolute Gasteiger partial charge is 0.303 e. The highest BCUT2D eigenvalue weighted by Crippen LogP contribution is 2.22. The Morgan fingerprint density at radius 1 is 1.18 bits per heavy atom. The highest BCUT2D eigenvalue weighted by molar-refractivity contribution is 5.76. The summed E-state index contributed by atoms with van der Waals surface area (Å²) in [7, 11) is 1.64. The zero-order valence-electron chi connectivity index (χ0n) is 13.5. The van der Waals surface area contributed by atoms with Crippen molar-refractivity contribution in [1.82, 2.24) is 5.32 Å². The summed E-state index contributed by atoms with van der Waals surface area (Å²) >= 11 is 0. The lowest BCUT2D eigenvalue weighted by atomic mass is 9.97. The average Bonchev–Trinajstić information content (AvgIpc) is 2.45. The van der Waals surface area contributed by atoms with E-state index in [4.69, 9.17) is 9.84 Å². The maximum absolute atomic E-state index is 11.9. The van der Waals surface area contributed by atoms with E-state index in [1.807, 2.05) is 38.1 Å². The molecule has 5 nitrogen and oxygen atoms in total. The fourth-order valence-electron chi connectivity index (χ4n) is 2.37. The van der Waals surface area contributed by atoms with Crippen LogP contribution in [0.1, 0.15) is 32.3 Å². The van der Waals surface area contributed by atoms with Crippen molar-refractivity contribution in [2.24, 2.45) is 11.8 Å². The van der Waals surface area contributed by atoms with E-state index in [0.717, 1.165) is 17.7 Å². The number of rotatable bonds is 9. The maximum atomic E-state index is 11.9. The quantitative estimate of drug-likeness (QED) is 0.735. The number of carbonyl (C=O) groups is 2. The Balaban J connectivity index is 2.39. The number of benzene rings is 1. The van der Waals surface area contributed by atoms with E-state index in [9.17, 15) is 9.59 Å². The minimum Gasteiger partial charge on any atom is -0.496 e. The van der Waals surface area contributed by atoms with Crippen molar-refractivity contribution in [3.63, 3.8) is 0 Å². The van der Waals surface area contributed by atoms with Crippen molar-refractivity contribution < 1.29 is 19.4 Å². The fourth-order valence-corrected chi connectivity index (χ4v) is 2.37. The molecule has 1 aromatic rings. The molecule has 2 N–H and O–H groups in total. The molecule has 1 amide bonds. The second-order valence-corrected chi connectivity index (χ2v) is 5.83. The highest BCUT2D eigenvalue weighted by atomic mass is 16.5. The molecule has 0 heterocycles. The Morgan fingerprint density at radius 3 is 2.50 bits per heavy atom. The number of para-hydroxylation sites is 1. The largest absolute Gasteiger partial charge is 0.496 e. The van der Waals surface area contributed by atoms with Crippen LogP contribution in [0.4, 0.5) is 0 Å². The Bertz CT molecular complexity index is 501. The van der Waals surface area contributed by atoms with E-state index < -0.39 is 5.97 Å². The number of hydrogen-bond acceptors (Lipinski definition) is 3. The summed E-state index contributed by atoms with van der Waals surface area (Å²) in [5.41, 5.74) is 1.09. The van der Waals surface area contributed by atoms with E-state index >= 15 is 0 Å². The minimum absolute atomic E-state index is 0.0420. The molecule has 0 radical (unpaired) electrons. The molecule has 2 unspecified atom stereocenters. The monoisotopic (exact) mass is 307 g/mol. The van der Waals surface area contributed by atoms with Crippen molar-refractivity contribution in [3.05, 3.63) is 29.8 Å². The molecular formula is C17H25NO4. The Morgan fingerprint density at radius 2 is 1.86 bits per heavy atom. The van der Waals surface area contributed by atoms with Gasteiger partial charge < -0.3 is 15.2 Å². The Kier molecular flexibility index (Phi) is 7.43. The summed E-state index contributed by atoms with van der Waals surface area (Å²) in [5, 5.41) is 11.5. The number of hydrogen-bond donors (Lipinski definition) is 2. The summed E-state index contributed by atoms with van der Waals surface area (Å²) in [6, 6.07) is 7.79. The number of methoxy groups -OCH3 is 1. The van der Waals surface area contributed by atoms with Crippen LogP contribution in [0.3, 0.4) is 0 Å². The van der Waals surface area contributed by atoms with Gasteiger partial charge in [0.25, 0.3) is 0 Å². The summed E-state index contributed by atoms with van der Waals surface area (Å²) in [5.74, 6) is 0.0767. The maximum Gasteiger partial charge on any atom is 0.303 e. The van der Waals surface area contributed by atoms with E-state index in [-0.39, 0.29) is 24.2 Å². The third-order valence-corrected chi connectivity index (χ3v) is 3.47. The lowest BCUT2D eigenvalue weighted by Crippen LogP contribution is -2.30. The normalized spacial score (nSPS) is 13.2. The first-order valence-corrected chi connectivity index (χ1v) is 7.52. The van der Waals surface area contributed by atoms with Gasteiger partial charge in [-0.25, -0.2) is 0 Å². The lowest BCUT2D eigenvalue weighted by Gasteiger charge is -2.15. The highest BCUT2D eigenvalue weighted by Gasteiger charge is 2.14. The van der Waals surface area contributed by atoms with Crippen LogP contribution in [0.2, 0.25) is 0 Å². The SMILES string of the molecule is COc1ccccc1CC(C)CC(=O)NCC(C)CC(=O)O. The molecule has 2 atom stereocenters. The third kappa shape index (κ3) is 6.61. The van der Waals surface area contributed by atoms with E-state index in [1.165, 1.54) is 0 Å². The van der Waals surface area contributed by atoms with Gasteiger partial charge in [-0.2, -0.15) is 0 Å². The van der Waals surface area contributed by atoms with Crippen molar-refractivity contribution in [2.75, 3.05) is 13.7 Å². The van der Waals surface area contributed by atoms with Gasteiger partial charge in [-0.3, -0.25) is 9.59 Å². The topological polar surface area (TPSA) is 75.6 Å². The first-order valence-electron chi connectivity index (χ1n) is 7.52. The van der Waals surface area contributed by atoms with Gasteiger partial charge in [0.15, 0.2) is 0 Å². The molecule has 0 aliphatic carbocycles. The van der Waals surface area contributed by atoms with Gasteiger partial charge in [0.1, 0.15) is 5.75 Å². The average molecular weight is 307 g/mol. The van der Waals surface area contributed by atoms with Gasteiger partial charge in [0, 0.05) is 19.4 Å². The van der Waals surface area contributed by atoms with Crippen LogP contribution in [0.5, 0.6) is 5.75 Å². The molecule has 5 heteroatoms. The van der Waals surface area contributed by atoms with Crippen molar-refractivity contribution in [3.8, 4) is 5.75 Å². The zero-order chi connectivity index (χ0) is 16.5. The van der Waals surface area contributed by atoms with Gasteiger partial charge in [0.05, 0.1) is 7.11 Å². The van der Waals surface area contributed by atoms with Gasteiger partial charge in [0.2, 0.25) is 5.91 Å². The molecule has 0 aliphatic rings. The summed E-state index contributed by atoms with van der Waals surface area (Å²) in [4.78, 5) is 22.5. The molecule has 0 spiro atoms. The number of ether oxygens (including phenoxy) is 1. The van der Waals surface area contributed by atoms with Crippen molar-refractivity contribution in [1.29, 1.82) is 0 Å². The Hall–Kier alpha value is -2.04. The lowest BCUT2D eigenvalue weighted by molar-refractivity contribution is -0.138. The van der Waals surface area contributed by atoms with Gasteiger partial charge in [-0.1, -0.05) is 32.0 Å². The number of nitrogens with one attached hydrogen (secondary N) is 1. The molecule has 122 valence electrons. The van der Waals surface area contributed by atoms with E-state index in [2.05, 4.69) is 5.32 Å². The fraction of sp³-hybridized carbons (Fsp3) is 0.529. The Labute approximate surface area is 131 Å². The second kappa shape index (κ2) is 9.07. The number of carbonyl (C=O) groups excluding carboxylic acids is 1. The van der Waals surface area contributed by atoms with Crippen LogP contribution in [0.15, 0.2) is 24.3 Å². The molecule has 0 saturated carbocycles. The van der Waals surface area contributed by atoms with Crippen molar-refractivity contribution >= 4 is 11.9 Å². The number of carboxylic acid groups (broad SMARTS) is 1. The van der Waals surface area contributed by atoms with Crippen LogP contribution < -0.4 is 10.1 Å². The van der Waals surface area contributed by atoms with Crippen LogP contribution in [-0.4, -0.2) is 30.6 Å². The molecule has 0 fully saturated rings. The molecule has 0 bridgehead atoms. The van der Waals surface area contributed by atoms with Gasteiger partial charge in [-0.05, 0) is 29.9 Å². The van der Waals surface area contributed by atoms with E-state index in [0.29, 0.717) is 13.0 Å². The molecule has 1 rings (SSSR count). The van der Waals surface area contributed by atoms with Crippen LogP contribution >= 0.6 is 0 Å². The standard InChI is InChI=1S/C17H25NO4/c1-12(8-14-6-4-5-7-15(14)22-3)9-16(19)18-11-13(2)10-17(20)21/h4-7,12-13H,8-11H2,1-3H3,(H,18,19)(H,20,21). The van der Waals surface area contributed by atoms with Crippen LogP contribution in [-0.2, 0) is 16.0 Å². The third-order valence-electron chi connectivity index (χ3n) is 3.47. The minimum atomic E-state index is -0.841. The summed E-state index contributed by atoms with van der Waals surface area (Å²) in [6.07, 6.45) is 1.25. The van der Waals surface area contributed by atoms with Gasteiger partial charge in [-0.15, -0.1) is 0 Å². The molecule has 0 aliphatic heterocycles. The number of amides is 1. The molecular weight excluding hydrogens is 282 g/mol. The number of aliphatic carboxylic acids is 1. The zero-order valence-corrected chi connectivity index (χ0v) is 13.5. The van der Waals surface area contributed by atoms with Crippen LogP contribution in [0.25, 0.3) is 0 Å². The molecule has 1 aromatic carbocycles. The van der Waals surface area contributed by atoms with E-state index in [1.54, 1.807) is 7.11 Å². The van der Waals surface area contributed by atoms with Gasteiger partial charge >= 0.3 is 5.97 Å². The number of carboxylic acids is 1.